The average Bonchev–Trinajstić information content (AvgIpc) is 2.69. The molecule has 0 aromatic rings. The molecule has 0 fully saturated rings. The number of carboxylic acids is 1. The lowest BCUT2D eigenvalue weighted by atomic mass is 10.0. The summed E-state index contributed by atoms with van der Waals surface area (Å²) in [6.45, 7) is 3.92. The molecule has 0 spiro atoms. The smallest absolute Gasteiger partial charge is 0.326 e. The number of nitrogens with one attached hydrogen (secondary N) is 3. The molecule has 0 bridgehead atoms. The van der Waals surface area contributed by atoms with Gasteiger partial charge in [-0.05, 0) is 25.7 Å². The first-order valence-electron chi connectivity index (χ1n) is 10.1. The van der Waals surface area contributed by atoms with Crippen molar-refractivity contribution < 1.29 is 34.5 Å². The van der Waals surface area contributed by atoms with E-state index in [1.54, 1.807) is 13.8 Å². The predicted molar refractivity (Wildman–Crippen MR) is 115 cm³/mol. The van der Waals surface area contributed by atoms with Crippen LogP contribution in [0.3, 0.4) is 0 Å². The second kappa shape index (κ2) is 14.2. The molecule has 14 nitrogen and oxygen atoms in total. The van der Waals surface area contributed by atoms with Crippen molar-refractivity contribution in [3.63, 3.8) is 0 Å². The van der Waals surface area contributed by atoms with Gasteiger partial charge in [0.25, 0.3) is 0 Å². The third kappa shape index (κ3) is 10.4. The first kappa shape index (κ1) is 29.0. The molecule has 184 valence electrons. The van der Waals surface area contributed by atoms with E-state index in [0.717, 1.165) is 0 Å². The summed E-state index contributed by atoms with van der Waals surface area (Å²) in [6.07, 6.45) is -1.07. The number of amides is 3. The standard InChI is InChI=1S/C18H35N7O7/c1-8(2)12(17(31)32)24-15(29)11(5-4-6-22-18(20)21)23-16(30)13(9(3)27)25-14(28)10(19)7-26/h8-13,26-27H,4-7,19H2,1-3H3,(H,23,30)(H,24,29)(H,25,28)(H,31,32)(H4,20,21,22). The fraction of sp³-hybridized carbons (Fsp3) is 0.722. The van der Waals surface area contributed by atoms with E-state index in [-0.39, 0.29) is 25.3 Å². The first-order valence-corrected chi connectivity index (χ1v) is 10.1. The molecule has 0 saturated carbocycles. The topological polar surface area (TPSA) is 255 Å². The monoisotopic (exact) mass is 461 g/mol. The number of nitrogens with zero attached hydrogens (tertiary/aromatic N) is 1. The average molecular weight is 462 g/mol. The zero-order valence-corrected chi connectivity index (χ0v) is 18.4. The van der Waals surface area contributed by atoms with Gasteiger partial charge in [0, 0.05) is 6.54 Å². The van der Waals surface area contributed by atoms with Crippen molar-refractivity contribution >= 4 is 29.7 Å². The summed E-state index contributed by atoms with van der Waals surface area (Å²) < 4.78 is 0. The number of aliphatic hydroxyl groups is 2. The number of rotatable bonds is 14. The minimum atomic E-state index is -1.48. The van der Waals surface area contributed by atoms with E-state index in [4.69, 9.17) is 22.3 Å². The highest BCUT2D eigenvalue weighted by Crippen LogP contribution is 2.06. The lowest BCUT2D eigenvalue weighted by Gasteiger charge is -2.27. The first-order chi connectivity index (χ1) is 14.8. The van der Waals surface area contributed by atoms with Gasteiger partial charge in [0.1, 0.15) is 24.2 Å². The normalized spacial score (nSPS) is 15.6. The Morgan fingerprint density at radius 2 is 1.50 bits per heavy atom. The molecule has 0 aliphatic rings. The van der Waals surface area contributed by atoms with E-state index >= 15 is 0 Å². The van der Waals surface area contributed by atoms with E-state index in [1.807, 2.05) is 0 Å². The van der Waals surface area contributed by atoms with Crippen LogP contribution in [0.2, 0.25) is 0 Å². The van der Waals surface area contributed by atoms with Gasteiger partial charge < -0.3 is 48.5 Å². The summed E-state index contributed by atoms with van der Waals surface area (Å²) in [6, 6.07) is -5.20. The lowest BCUT2D eigenvalue weighted by molar-refractivity contribution is -0.143. The lowest BCUT2D eigenvalue weighted by Crippen LogP contribution is -2.60. The van der Waals surface area contributed by atoms with Gasteiger partial charge in [-0.2, -0.15) is 0 Å². The predicted octanol–water partition coefficient (Wildman–Crippen LogP) is -4.06. The highest BCUT2D eigenvalue weighted by atomic mass is 16.4. The van der Waals surface area contributed by atoms with Crippen molar-refractivity contribution in [2.24, 2.45) is 28.1 Å². The molecule has 0 aliphatic heterocycles. The van der Waals surface area contributed by atoms with Crippen LogP contribution in [-0.4, -0.2) is 88.4 Å². The van der Waals surface area contributed by atoms with E-state index < -0.39 is 66.5 Å². The zero-order valence-electron chi connectivity index (χ0n) is 18.4. The van der Waals surface area contributed by atoms with Crippen LogP contribution in [0, 0.1) is 5.92 Å². The van der Waals surface area contributed by atoms with Crippen LogP contribution in [-0.2, 0) is 19.2 Å². The number of carboxylic acid groups (broad SMARTS) is 1. The molecule has 32 heavy (non-hydrogen) atoms. The molecule has 14 heteroatoms. The molecule has 0 radical (unpaired) electrons. The summed E-state index contributed by atoms with van der Waals surface area (Å²) in [5.41, 5.74) is 15.9. The van der Waals surface area contributed by atoms with Crippen molar-refractivity contribution in [2.75, 3.05) is 13.2 Å². The summed E-state index contributed by atoms with van der Waals surface area (Å²) in [7, 11) is 0. The van der Waals surface area contributed by atoms with Crippen LogP contribution in [0.25, 0.3) is 0 Å². The van der Waals surface area contributed by atoms with Crippen LogP contribution in [0.15, 0.2) is 4.99 Å². The van der Waals surface area contributed by atoms with Crippen molar-refractivity contribution in [1.82, 2.24) is 16.0 Å². The van der Waals surface area contributed by atoms with Gasteiger partial charge >= 0.3 is 5.97 Å². The van der Waals surface area contributed by atoms with Gasteiger partial charge in [-0.25, -0.2) is 4.79 Å². The van der Waals surface area contributed by atoms with Crippen LogP contribution in [0.4, 0.5) is 0 Å². The fourth-order valence-electron chi connectivity index (χ4n) is 2.55. The van der Waals surface area contributed by atoms with E-state index in [9.17, 15) is 29.4 Å². The molecule has 12 N–H and O–H groups in total. The Balaban J connectivity index is 5.51. The Bertz CT molecular complexity index is 681. The number of aliphatic imine (C=N–C) groups is 1. The number of carbonyl (C=O) groups is 4. The SMILES string of the molecule is CC(C)C(NC(=O)C(CCCN=C(N)N)NC(=O)C(NC(=O)C(N)CO)C(C)O)C(=O)O. The number of aliphatic hydroxyl groups excluding tert-OH is 2. The van der Waals surface area contributed by atoms with Gasteiger partial charge in [-0.1, -0.05) is 13.8 Å². The van der Waals surface area contributed by atoms with Crippen LogP contribution >= 0.6 is 0 Å². The number of aliphatic carboxylic acids is 1. The van der Waals surface area contributed by atoms with Crippen LogP contribution < -0.4 is 33.2 Å². The summed E-state index contributed by atoms with van der Waals surface area (Å²) in [5, 5.41) is 35.1. The van der Waals surface area contributed by atoms with Gasteiger partial charge in [-0.3, -0.25) is 19.4 Å². The molecule has 3 amide bonds. The number of guanidine groups is 1. The quantitative estimate of drug-likeness (QED) is 0.0686. The van der Waals surface area contributed by atoms with Gasteiger partial charge in [0.15, 0.2) is 5.96 Å². The second-order valence-electron chi connectivity index (χ2n) is 7.59. The summed E-state index contributed by atoms with van der Waals surface area (Å²) >= 11 is 0. The fourth-order valence-corrected chi connectivity index (χ4v) is 2.55. The maximum absolute atomic E-state index is 12.7. The summed E-state index contributed by atoms with van der Waals surface area (Å²) in [5.74, 6) is -4.39. The molecular formula is C18H35N7O7. The molecule has 0 heterocycles. The number of nitrogens with two attached hydrogens (primary N) is 3. The maximum atomic E-state index is 12.7. The van der Waals surface area contributed by atoms with E-state index in [0.29, 0.717) is 0 Å². The van der Waals surface area contributed by atoms with Crippen LogP contribution in [0.1, 0.15) is 33.6 Å². The van der Waals surface area contributed by atoms with E-state index in [1.165, 1.54) is 6.92 Å². The Morgan fingerprint density at radius 1 is 0.938 bits per heavy atom. The number of carbonyl (C=O) groups excluding carboxylic acids is 3. The molecule has 5 atom stereocenters. The highest BCUT2D eigenvalue weighted by molar-refractivity contribution is 5.94. The van der Waals surface area contributed by atoms with Crippen molar-refractivity contribution in [2.45, 2.75) is 63.9 Å². The number of hydrogen-bond donors (Lipinski definition) is 9. The molecule has 0 aromatic carbocycles. The molecule has 5 unspecified atom stereocenters. The minimum absolute atomic E-state index is 0.0371. The Hall–Kier alpha value is -2.97. The second-order valence-corrected chi connectivity index (χ2v) is 7.59. The molecule has 0 aromatic heterocycles. The van der Waals surface area contributed by atoms with Crippen molar-refractivity contribution in [3.05, 3.63) is 0 Å². The number of hydrogen-bond acceptors (Lipinski definition) is 8. The molecule has 0 saturated heterocycles. The van der Waals surface area contributed by atoms with Gasteiger partial charge in [0.05, 0.1) is 12.7 Å². The maximum Gasteiger partial charge on any atom is 0.326 e. The van der Waals surface area contributed by atoms with Crippen molar-refractivity contribution in [1.29, 1.82) is 0 Å². The van der Waals surface area contributed by atoms with E-state index in [2.05, 4.69) is 20.9 Å². The highest BCUT2D eigenvalue weighted by Gasteiger charge is 2.32. The summed E-state index contributed by atoms with van der Waals surface area (Å²) in [4.78, 5) is 52.5. The third-order valence-corrected chi connectivity index (χ3v) is 4.40. The molecule has 0 rings (SSSR count). The Morgan fingerprint density at radius 3 is 1.94 bits per heavy atom. The molecule has 0 aliphatic carbocycles. The minimum Gasteiger partial charge on any atom is -0.480 e. The third-order valence-electron chi connectivity index (χ3n) is 4.40. The molecular weight excluding hydrogens is 426 g/mol. The van der Waals surface area contributed by atoms with Gasteiger partial charge in [0.2, 0.25) is 17.7 Å². The van der Waals surface area contributed by atoms with Crippen molar-refractivity contribution in [3.8, 4) is 0 Å². The Kier molecular flexibility index (Phi) is 12.8. The Labute approximate surface area is 186 Å². The largest absolute Gasteiger partial charge is 0.480 e. The zero-order chi connectivity index (χ0) is 25.0. The van der Waals surface area contributed by atoms with Crippen LogP contribution in [0.5, 0.6) is 0 Å². The van der Waals surface area contributed by atoms with Gasteiger partial charge in [-0.15, -0.1) is 0 Å².